The first-order chi connectivity index (χ1) is 24.2. The van der Waals surface area contributed by atoms with Crippen molar-refractivity contribution in [1.82, 2.24) is 29.1 Å². The number of fused-ring (bicyclic) bond motifs is 6. The van der Waals surface area contributed by atoms with Gasteiger partial charge in [0.05, 0.1) is 68.2 Å². The molecular weight excluding hydrogens is 673 g/mol. The summed E-state index contributed by atoms with van der Waals surface area (Å²) in [6.07, 6.45) is 6.38. The van der Waals surface area contributed by atoms with Gasteiger partial charge in [-0.05, 0) is 87.1 Å². The van der Waals surface area contributed by atoms with E-state index in [0.717, 1.165) is 68.2 Å². The summed E-state index contributed by atoms with van der Waals surface area (Å²) in [7, 11) is 0. The number of aliphatic hydroxyl groups excluding tert-OH is 4. The summed E-state index contributed by atoms with van der Waals surface area (Å²) in [6, 6.07) is 8.44. The first-order valence-electron chi connectivity index (χ1n) is 17.1. The maximum Gasteiger partial charge on any atom is 0.138 e. The van der Waals surface area contributed by atoms with E-state index in [0.29, 0.717) is 37.3 Å². The summed E-state index contributed by atoms with van der Waals surface area (Å²) in [6.45, 7) is 3.43. The first kappa shape index (κ1) is 34.4. The number of imidazole rings is 2. The molecule has 0 radical (unpaired) electrons. The maximum atomic E-state index is 10.5. The van der Waals surface area contributed by atoms with Gasteiger partial charge in [0.25, 0.3) is 0 Å². The van der Waals surface area contributed by atoms with Crippen LogP contribution in [0.5, 0.6) is 0 Å². The second-order valence-corrected chi connectivity index (χ2v) is 15.4. The summed E-state index contributed by atoms with van der Waals surface area (Å²) in [5.74, 6) is 1.31. The number of nitriles is 2. The summed E-state index contributed by atoms with van der Waals surface area (Å²) >= 11 is 3.24. The van der Waals surface area contributed by atoms with E-state index in [1.807, 2.05) is 22.9 Å². The molecule has 4 N–H and O–H groups in total. The van der Waals surface area contributed by atoms with Crippen LogP contribution >= 0.6 is 22.7 Å². The Hall–Kier alpha value is -4.02. The van der Waals surface area contributed by atoms with Crippen molar-refractivity contribution in [2.75, 3.05) is 0 Å². The van der Waals surface area contributed by atoms with E-state index >= 15 is 0 Å². The number of hydrogen-bond donors (Lipinski definition) is 4. The zero-order chi connectivity index (χ0) is 35.1. The summed E-state index contributed by atoms with van der Waals surface area (Å²) in [5.41, 5.74) is 5.39. The predicted molar refractivity (Wildman–Crippen MR) is 192 cm³/mol. The predicted octanol–water partition coefficient (Wildman–Crippen LogP) is 6.63. The summed E-state index contributed by atoms with van der Waals surface area (Å²) in [5, 5.41) is 63.4. The molecule has 6 heterocycles. The molecule has 2 aliphatic rings. The van der Waals surface area contributed by atoms with Crippen molar-refractivity contribution in [2.45, 2.75) is 102 Å². The lowest BCUT2D eigenvalue weighted by Crippen LogP contribution is -2.31. The van der Waals surface area contributed by atoms with Crippen molar-refractivity contribution in [3.8, 4) is 12.1 Å². The normalized spacial score (nSPS) is 25.3. The third kappa shape index (κ3) is 6.25. The van der Waals surface area contributed by atoms with E-state index in [9.17, 15) is 20.4 Å². The zero-order valence-electron chi connectivity index (χ0n) is 27.9. The third-order valence-electron chi connectivity index (χ3n) is 10.3. The zero-order valence-corrected chi connectivity index (χ0v) is 29.6. The minimum Gasteiger partial charge on any atom is -0.393 e. The van der Waals surface area contributed by atoms with Gasteiger partial charge in [-0.15, -0.1) is 22.7 Å². The standard InChI is InChI=1S/2C18H20N4O2S/c2*1-10(23)18-21-14-9-20-13-5-7-25-17(13)16(14)22(18)12-3-2-11(4-6-19)15(24)8-12/h2*5,7,9-12,15,23-24H,2-4,8H2,1H3/t10-,11+,12-,15-;10-,11-,12+,15+/m11/s1. The second-order valence-electron chi connectivity index (χ2n) is 13.6. The molecule has 2 fully saturated rings. The van der Waals surface area contributed by atoms with Gasteiger partial charge in [-0.3, -0.25) is 9.97 Å². The minimum atomic E-state index is -0.698. The van der Waals surface area contributed by atoms with Crippen molar-refractivity contribution in [3.63, 3.8) is 0 Å². The number of rotatable bonds is 6. The van der Waals surface area contributed by atoms with Crippen LogP contribution in [-0.4, -0.2) is 61.7 Å². The summed E-state index contributed by atoms with van der Waals surface area (Å²) in [4.78, 5) is 18.1. The van der Waals surface area contributed by atoms with Crippen LogP contribution in [0.25, 0.3) is 42.5 Å². The van der Waals surface area contributed by atoms with E-state index in [4.69, 9.17) is 10.5 Å². The van der Waals surface area contributed by atoms with Gasteiger partial charge in [0.2, 0.25) is 0 Å². The van der Waals surface area contributed by atoms with Gasteiger partial charge in [0.1, 0.15) is 34.9 Å². The summed E-state index contributed by atoms with van der Waals surface area (Å²) < 4.78 is 6.33. The van der Waals surface area contributed by atoms with Crippen molar-refractivity contribution < 1.29 is 20.4 Å². The molecule has 0 aromatic carbocycles. The van der Waals surface area contributed by atoms with Crippen molar-refractivity contribution in [2.24, 2.45) is 11.8 Å². The van der Waals surface area contributed by atoms with E-state index < -0.39 is 24.4 Å². The molecule has 0 spiro atoms. The fourth-order valence-electron chi connectivity index (χ4n) is 7.88. The molecule has 0 amide bonds. The molecule has 14 heteroatoms. The molecule has 6 aromatic rings. The van der Waals surface area contributed by atoms with Crippen molar-refractivity contribution in [1.29, 1.82) is 10.5 Å². The molecular formula is C36H40N8O4S2. The Balaban J connectivity index is 0.000000157. The molecule has 0 bridgehead atoms. The Morgan fingerprint density at radius 3 is 1.50 bits per heavy atom. The third-order valence-corrected chi connectivity index (χ3v) is 12.2. The molecule has 260 valence electrons. The molecule has 12 nitrogen and oxygen atoms in total. The molecule has 8 rings (SSSR count). The lowest BCUT2D eigenvalue weighted by molar-refractivity contribution is 0.0479. The van der Waals surface area contributed by atoms with Gasteiger partial charge >= 0.3 is 0 Å². The Labute approximate surface area is 296 Å². The number of hydrogen-bond acceptors (Lipinski definition) is 12. The fourth-order valence-corrected chi connectivity index (χ4v) is 9.65. The Kier molecular flexibility index (Phi) is 9.85. The van der Waals surface area contributed by atoms with Crippen LogP contribution in [0.3, 0.4) is 0 Å². The minimum absolute atomic E-state index is 0.0365. The van der Waals surface area contributed by atoms with E-state index in [1.165, 1.54) is 0 Å². The van der Waals surface area contributed by atoms with Crippen molar-refractivity contribution in [3.05, 3.63) is 46.9 Å². The average Bonchev–Trinajstić information content (AvgIpc) is 3.90. The topological polar surface area (TPSA) is 190 Å². The largest absolute Gasteiger partial charge is 0.393 e. The Morgan fingerprint density at radius 1 is 0.720 bits per heavy atom. The molecule has 50 heavy (non-hydrogen) atoms. The molecule has 0 unspecified atom stereocenters. The SMILES string of the molecule is C[C@@H](O)c1nc2cnc3ccsc3c2n1[C@@H]1CC[C@@H](CC#N)[C@H](O)C1.C[C@@H](O)c1nc2cnc3ccsc3c2n1[C@H]1CC[C@H](CC#N)[C@@H](O)C1. The van der Waals surface area contributed by atoms with Crippen LogP contribution in [0.1, 0.15) is 101 Å². The van der Waals surface area contributed by atoms with Gasteiger partial charge in [-0.25, -0.2) is 9.97 Å². The van der Waals surface area contributed by atoms with Gasteiger partial charge in [-0.1, -0.05) is 0 Å². The Bertz CT molecular complexity index is 2070. The lowest BCUT2D eigenvalue weighted by atomic mass is 9.81. The molecule has 0 aliphatic heterocycles. The van der Waals surface area contributed by atoms with Crippen LogP contribution < -0.4 is 0 Å². The van der Waals surface area contributed by atoms with Gasteiger partial charge in [0, 0.05) is 24.9 Å². The van der Waals surface area contributed by atoms with E-state index in [-0.39, 0.29) is 23.9 Å². The first-order valence-corrected chi connectivity index (χ1v) is 18.9. The quantitative estimate of drug-likeness (QED) is 0.146. The smallest absolute Gasteiger partial charge is 0.138 e. The van der Waals surface area contributed by atoms with Crippen LogP contribution in [-0.2, 0) is 0 Å². The highest BCUT2D eigenvalue weighted by Gasteiger charge is 2.34. The maximum absolute atomic E-state index is 10.5. The highest BCUT2D eigenvalue weighted by molar-refractivity contribution is 7.18. The van der Waals surface area contributed by atoms with Gasteiger partial charge < -0.3 is 29.6 Å². The highest BCUT2D eigenvalue weighted by atomic mass is 32.1. The average molecular weight is 713 g/mol. The fraction of sp³-hybridized carbons (Fsp3) is 0.500. The highest BCUT2D eigenvalue weighted by Crippen LogP contribution is 2.42. The van der Waals surface area contributed by atoms with Crippen LogP contribution in [0, 0.1) is 34.5 Å². The number of pyridine rings is 2. The van der Waals surface area contributed by atoms with Crippen LogP contribution in [0.15, 0.2) is 35.3 Å². The van der Waals surface area contributed by atoms with Crippen LogP contribution in [0.4, 0.5) is 0 Å². The van der Waals surface area contributed by atoms with E-state index in [1.54, 1.807) is 48.9 Å². The van der Waals surface area contributed by atoms with Crippen molar-refractivity contribution >= 4 is 65.2 Å². The molecule has 8 atom stereocenters. The molecule has 2 saturated carbocycles. The second kappa shape index (κ2) is 14.3. The van der Waals surface area contributed by atoms with E-state index in [2.05, 4.69) is 41.2 Å². The monoisotopic (exact) mass is 712 g/mol. The number of thiophene rings is 2. The molecule has 2 aliphatic carbocycles. The Morgan fingerprint density at radius 2 is 1.14 bits per heavy atom. The van der Waals surface area contributed by atoms with Gasteiger partial charge in [-0.2, -0.15) is 10.5 Å². The molecule has 0 saturated heterocycles. The number of aromatic nitrogens is 6. The molecule has 6 aromatic heterocycles. The number of aliphatic hydroxyl groups is 4. The van der Waals surface area contributed by atoms with Crippen LogP contribution in [0.2, 0.25) is 0 Å². The van der Waals surface area contributed by atoms with Gasteiger partial charge in [0.15, 0.2) is 0 Å². The number of nitrogens with zero attached hydrogens (tertiary/aromatic N) is 8. The lowest BCUT2D eigenvalue weighted by Gasteiger charge is -2.34.